The van der Waals surface area contributed by atoms with Crippen LogP contribution in [0.2, 0.25) is 0 Å². The number of anilines is 1. The molecule has 1 fully saturated rings. The quantitative estimate of drug-likeness (QED) is 0.804. The molecular formula is C13H20BrN3O. The zero-order chi connectivity index (χ0) is 13.1. The maximum absolute atomic E-state index is 5.48. The molecule has 0 aliphatic carbocycles. The summed E-state index contributed by atoms with van der Waals surface area (Å²) >= 11 is 3.72. The maximum Gasteiger partial charge on any atom is 0.218 e. The van der Waals surface area contributed by atoms with Crippen LogP contribution in [0, 0.1) is 12.8 Å². The predicted octanol–water partition coefficient (Wildman–Crippen LogP) is 2.79. The van der Waals surface area contributed by atoms with E-state index in [2.05, 4.69) is 37.7 Å². The minimum absolute atomic E-state index is 0.614. The Kier molecular flexibility index (Phi) is 4.43. The SMILES string of the molecule is CCOc1cc(N2CCC(Br)C(C)C2)nc(C)n1. The summed E-state index contributed by atoms with van der Waals surface area (Å²) < 4.78 is 5.48. The number of nitrogens with zero attached hydrogens (tertiary/aromatic N) is 3. The lowest BCUT2D eigenvalue weighted by Gasteiger charge is -2.35. The van der Waals surface area contributed by atoms with Crippen LogP contribution < -0.4 is 9.64 Å². The van der Waals surface area contributed by atoms with Crippen LogP contribution in [-0.2, 0) is 0 Å². The number of ether oxygens (including phenoxy) is 1. The first kappa shape index (κ1) is 13.6. The molecule has 100 valence electrons. The molecule has 0 saturated carbocycles. The van der Waals surface area contributed by atoms with E-state index in [-0.39, 0.29) is 0 Å². The average Bonchev–Trinajstić information content (AvgIpc) is 2.32. The number of rotatable bonds is 3. The normalized spacial score (nSPS) is 24.1. The largest absolute Gasteiger partial charge is 0.478 e. The highest BCUT2D eigenvalue weighted by molar-refractivity contribution is 9.09. The Morgan fingerprint density at radius 2 is 2.28 bits per heavy atom. The number of aromatic nitrogens is 2. The van der Waals surface area contributed by atoms with E-state index >= 15 is 0 Å². The molecule has 0 N–H and O–H groups in total. The Bertz CT molecular complexity index is 413. The number of halogens is 1. The molecule has 4 nitrogen and oxygen atoms in total. The van der Waals surface area contributed by atoms with Crippen LogP contribution in [0.1, 0.15) is 26.1 Å². The Hall–Kier alpha value is -0.840. The van der Waals surface area contributed by atoms with Crippen molar-refractivity contribution < 1.29 is 4.74 Å². The summed E-state index contributed by atoms with van der Waals surface area (Å²) in [5.74, 6) is 3.06. The number of hydrogen-bond donors (Lipinski definition) is 0. The molecule has 2 unspecified atom stereocenters. The van der Waals surface area contributed by atoms with Gasteiger partial charge in [-0.15, -0.1) is 0 Å². The molecule has 2 atom stereocenters. The van der Waals surface area contributed by atoms with Gasteiger partial charge in [0.25, 0.3) is 0 Å². The Morgan fingerprint density at radius 1 is 1.50 bits per heavy atom. The van der Waals surface area contributed by atoms with Crippen LogP contribution in [0.15, 0.2) is 6.07 Å². The Labute approximate surface area is 117 Å². The van der Waals surface area contributed by atoms with E-state index < -0.39 is 0 Å². The number of hydrogen-bond acceptors (Lipinski definition) is 4. The molecule has 1 aromatic rings. The second-order valence-corrected chi connectivity index (χ2v) is 5.95. The predicted molar refractivity (Wildman–Crippen MR) is 76.6 cm³/mol. The fourth-order valence-corrected chi connectivity index (χ4v) is 2.61. The molecule has 2 rings (SSSR count). The van der Waals surface area contributed by atoms with E-state index in [9.17, 15) is 0 Å². The summed E-state index contributed by atoms with van der Waals surface area (Å²) in [5, 5.41) is 0. The summed E-state index contributed by atoms with van der Waals surface area (Å²) in [6.45, 7) is 8.83. The van der Waals surface area contributed by atoms with E-state index in [0.29, 0.717) is 23.2 Å². The molecule has 0 bridgehead atoms. The van der Waals surface area contributed by atoms with E-state index in [1.807, 2.05) is 19.9 Å². The van der Waals surface area contributed by atoms with Crippen LogP contribution >= 0.6 is 15.9 Å². The van der Waals surface area contributed by atoms with Crippen molar-refractivity contribution in [1.29, 1.82) is 0 Å². The van der Waals surface area contributed by atoms with Gasteiger partial charge in [-0.2, -0.15) is 4.98 Å². The lowest BCUT2D eigenvalue weighted by molar-refractivity contribution is 0.325. The molecule has 0 aromatic carbocycles. The third kappa shape index (κ3) is 3.13. The van der Waals surface area contributed by atoms with E-state index in [0.717, 1.165) is 31.2 Å². The third-order valence-corrected chi connectivity index (χ3v) is 4.58. The highest BCUT2D eigenvalue weighted by Gasteiger charge is 2.25. The van der Waals surface area contributed by atoms with Crippen molar-refractivity contribution in [3.05, 3.63) is 11.9 Å². The standard InChI is InChI=1S/C13H20BrN3O/c1-4-18-13-7-12(15-10(3)16-13)17-6-5-11(14)9(2)8-17/h7,9,11H,4-6,8H2,1-3H3. The molecule has 1 saturated heterocycles. The van der Waals surface area contributed by atoms with Crippen molar-refractivity contribution in [2.75, 3.05) is 24.6 Å². The van der Waals surface area contributed by atoms with Gasteiger partial charge in [0, 0.05) is 24.0 Å². The highest BCUT2D eigenvalue weighted by Crippen LogP contribution is 2.27. The van der Waals surface area contributed by atoms with Crippen LogP contribution in [0.25, 0.3) is 0 Å². The molecule has 1 aliphatic rings. The Morgan fingerprint density at radius 3 is 2.94 bits per heavy atom. The molecule has 0 amide bonds. The number of alkyl halides is 1. The van der Waals surface area contributed by atoms with Gasteiger partial charge in [-0.3, -0.25) is 0 Å². The molecular weight excluding hydrogens is 294 g/mol. The summed E-state index contributed by atoms with van der Waals surface area (Å²) in [7, 11) is 0. The van der Waals surface area contributed by atoms with Gasteiger partial charge in [-0.05, 0) is 26.2 Å². The van der Waals surface area contributed by atoms with Gasteiger partial charge in [-0.1, -0.05) is 22.9 Å². The highest BCUT2D eigenvalue weighted by atomic mass is 79.9. The molecule has 1 aromatic heterocycles. The minimum Gasteiger partial charge on any atom is -0.478 e. The van der Waals surface area contributed by atoms with Gasteiger partial charge in [0.2, 0.25) is 5.88 Å². The van der Waals surface area contributed by atoms with Crippen LogP contribution in [-0.4, -0.2) is 34.5 Å². The molecule has 2 heterocycles. The van der Waals surface area contributed by atoms with Crippen LogP contribution in [0.3, 0.4) is 0 Å². The van der Waals surface area contributed by atoms with E-state index in [1.165, 1.54) is 0 Å². The maximum atomic E-state index is 5.48. The van der Waals surface area contributed by atoms with Gasteiger partial charge in [0.15, 0.2) is 0 Å². The van der Waals surface area contributed by atoms with Crippen molar-refractivity contribution in [1.82, 2.24) is 9.97 Å². The molecule has 1 aliphatic heterocycles. The third-order valence-electron chi connectivity index (χ3n) is 3.22. The van der Waals surface area contributed by atoms with Crippen molar-refractivity contribution in [2.24, 2.45) is 5.92 Å². The minimum atomic E-state index is 0.614. The average molecular weight is 314 g/mol. The zero-order valence-corrected chi connectivity index (χ0v) is 12.8. The van der Waals surface area contributed by atoms with E-state index in [4.69, 9.17) is 4.74 Å². The zero-order valence-electron chi connectivity index (χ0n) is 11.2. The fraction of sp³-hybridized carbons (Fsp3) is 0.692. The first-order valence-corrected chi connectivity index (χ1v) is 7.39. The van der Waals surface area contributed by atoms with Gasteiger partial charge in [0.1, 0.15) is 11.6 Å². The van der Waals surface area contributed by atoms with Gasteiger partial charge in [-0.25, -0.2) is 4.98 Å². The lowest BCUT2D eigenvalue weighted by atomic mass is 10.0. The van der Waals surface area contributed by atoms with Crippen LogP contribution in [0.5, 0.6) is 5.88 Å². The molecule has 0 radical (unpaired) electrons. The fourth-order valence-electron chi connectivity index (χ4n) is 2.23. The van der Waals surface area contributed by atoms with Gasteiger partial charge < -0.3 is 9.64 Å². The topological polar surface area (TPSA) is 38.2 Å². The first-order valence-electron chi connectivity index (χ1n) is 6.47. The summed E-state index contributed by atoms with van der Waals surface area (Å²) in [6, 6.07) is 1.94. The second kappa shape index (κ2) is 5.87. The second-order valence-electron chi connectivity index (χ2n) is 4.77. The van der Waals surface area contributed by atoms with Crippen molar-refractivity contribution in [2.45, 2.75) is 32.0 Å². The summed E-state index contributed by atoms with van der Waals surface area (Å²) in [5.41, 5.74) is 0. The molecule has 0 spiro atoms. The summed E-state index contributed by atoms with van der Waals surface area (Å²) in [6.07, 6.45) is 1.15. The van der Waals surface area contributed by atoms with Gasteiger partial charge in [0.05, 0.1) is 6.61 Å². The lowest BCUT2D eigenvalue weighted by Crippen LogP contribution is -2.40. The number of aryl methyl sites for hydroxylation is 1. The van der Waals surface area contributed by atoms with E-state index in [1.54, 1.807) is 0 Å². The smallest absolute Gasteiger partial charge is 0.218 e. The number of piperidine rings is 1. The van der Waals surface area contributed by atoms with Gasteiger partial charge >= 0.3 is 0 Å². The Balaban J connectivity index is 2.17. The molecule has 5 heteroatoms. The van der Waals surface area contributed by atoms with Crippen molar-refractivity contribution in [3.63, 3.8) is 0 Å². The monoisotopic (exact) mass is 313 g/mol. The first-order chi connectivity index (χ1) is 8.60. The molecule has 18 heavy (non-hydrogen) atoms. The van der Waals surface area contributed by atoms with Crippen molar-refractivity contribution in [3.8, 4) is 5.88 Å². The summed E-state index contributed by atoms with van der Waals surface area (Å²) in [4.78, 5) is 11.7. The van der Waals surface area contributed by atoms with Crippen molar-refractivity contribution >= 4 is 21.7 Å². The van der Waals surface area contributed by atoms with Crippen LogP contribution in [0.4, 0.5) is 5.82 Å².